The Morgan fingerprint density at radius 3 is 2.33 bits per heavy atom. The lowest BCUT2D eigenvalue weighted by Crippen LogP contribution is -2.51. The zero-order chi connectivity index (χ0) is 29.1. The van der Waals surface area contributed by atoms with Crippen LogP contribution < -0.4 is 10.6 Å². The second-order valence-corrected chi connectivity index (χ2v) is 9.64. The number of anilines is 1. The van der Waals surface area contributed by atoms with E-state index >= 15 is 0 Å². The first kappa shape index (κ1) is 30.3. The van der Waals surface area contributed by atoms with Gasteiger partial charge in [0.25, 0.3) is 0 Å². The number of nitrogens with zero attached hydrogens (tertiary/aromatic N) is 3. The summed E-state index contributed by atoms with van der Waals surface area (Å²) < 4.78 is 47.2. The zero-order valence-corrected chi connectivity index (χ0v) is 21.9. The van der Waals surface area contributed by atoms with Gasteiger partial charge in [-0.25, -0.2) is 9.78 Å². The summed E-state index contributed by atoms with van der Waals surface area (Å²) in [5.74, 6) is -0.562. The van der Waals surface area contributed by atoms with Gasteiger partial charge in [0, 0.05) is 25.3 Å². The number of imidazole rings is 1. The van der Waals surface area contributed by atoms with Crippen molar-refractivity contribution in [2.24, 2.45) is 5.73 Å². The quantitative estimate of drug-likeness (QED) is 0.289. The Hall–Kier alpha value is -3.23. The van der Waals surface area contributed by atoms with Gasteiger partial charge in [-0.2, -0.15) is 13.2 Å². The molecule has 1 atom stereocenters. The summed E-state index contributed by atoms with van der Waals surface area (Å²) >= 11 is 0. The topological polar surface area (TPSA) is 154 Å². The maximum atomic E-state index is 13.3. The van der Waals surface area contributed by atoms with Crippen LogP contribution in [0.3, 0.4) is 0 Å². The van der Waals surface area contributed by atoms with Crippen LogP contribution in [0.5, 0.6) is 0 Å². The molecule has 1 fully saturated rings. The predicted octanol–water partition coefficient (Wildman–Crippen LogP) is 2.26. The minimum Gasteiger partial charge on any atom is -0.478 e. The Labute approximate surface area is 223 Å². The molecular weight excluding hydrogens is 521 g/mol. The first-order valence-corrected chi connectivity index (χ1v) is 12.2. The molecule has 1 aliphatic rings. The lowest BCUT2D eigenvalue weighted by Gasteiger charge is -2.29. The summed E-state index contributed by atoms with van der Waals surface area (Å²) in [6, 6.07) is 7.57. The molecule has 13 heteroatoms. The monoisotopic (exact) mass is 554 g/mol. The molecule has 10 nitrogen and oxygen atoms in total. The predicted molar refractivity (Wildman–Crippen MR) is 138 cm³/mol. The summed E-state index contributed by atoms with van der Waals surface area (Å²) in [5.41, 5.74) is 5.51. The molecule has 4 rings (SSSR count). The van der Waals surface area contributed by atoms with Gasteiger partial charge in [-0.05, 0) is 50.1 Å². The number of fused-ring (bicyclic) bond motifs is 1. The molecule has 0 amide bonds. The lowest BCUT2D eigenvalue weighted by atomic mass is 10.0. The minimum absolute atomic E-state index is 0.0709. The fraction of sp³-hybridized carbons (Fsp3) is 0.462. The van der Waals surface area contributed by atoms with E-state index in [1.165, 1.54) is 19.9 Å². The molecule has 1 unspecified atom stereocenters. The number of aromatic nitrogens is 2. The molecule has 0 radical (unpaired) electrons. The highest BCUT2D eigenvalue weighted by molar-refractivity contribution is 6.03. The number of carbonyl (C=O) groups is 1. The molecule has 3 aromatic rings. The third-order valence-electron chi connectivity index (χ3n) is 6.65. The molecule has 1 saturated heterocycles. The average molecular weight is 555 g/mol. The third kappa shape index (κ3) is 6.86. The van der Waals surface area contributed by atoms with E-state index in [2.05, 4.69) is 4.98 Å². The Morgan fingerprint density at radius 2 is 1.82 bits per heavy atom. The SMILES string of the molecule is CC(N)(CO)C(O)O.Cc1c(Cn2c(C)nc3c(C(=O)O)cc(N4CCOCC4)cc32)cccc1C(F)(F)F. The van der Waals surface area contributed by atoms with Crippen molar-refractivity contribution in [2.45, 2.75) is 45.3 Å². The smallest absolute Gasteiger partial charge is 0.416 e. The highest BCUT2D eigenvalue weighted by Gasteiger charge is 2.33. The fourth-order valence-electron chi connectivity index (χ4n) is 4.10. The summed E-state index contributed by atoms with van der Waals surface area (Å²) in [7, 11) is 0. The molecule has 0 spiro atoms. The van der Waals surface area contributed by atoms with Crippen molar-refractivity contribution in [2.75, 3.05) is 37.8 Å². The minimum atomic E-state index is -4.44. The van der Waals surface area contributed by atoms with Crippen LogP contribution in [0.25, 0.3) is 11.0 Å². The number of nitrogens with two attached hydrogens (primary N) is 1. The van der Waals surface area contributed by atoms with Crippen LogP contribution >= 0.6 is 0 Å². The van der Waals surface area contributed by atoms with E-state index in [9.17, 15) is 23.1 Å². The molecule has 0 aliphatic carbocycles. The molecule has 2 heterocycles. The number of hydrogen-bond donors (Lipinski definition) is 5. The number of aliphatic hydroxyl groups is 3. The van der Waals surface area contributed by atoms with Crippen LogP contribution in [0, 0.1) is 13.8 Å². The van der Waals surface area contributed by atoms with Crippen molar-refractivity contribution in [1.29, 1.82) is 0 Å². The van der Waals surface area contributed by atoms with E-state index in [1.807, 2.05) is 11.0 Å². The summed E-state index contributed by atoms with van der Waals surface area (Å²) in [6.45, 7) is 6.59. The Morgan fingerprint density at radius 1 is 1.18 bits per heavy atom. The largest absolute Gasteiger partial charge is 0.478 e. The van der Waals surface area contributed by atoms with Crippen molar-refractivity contribution in [1.82, 2.24) is 9.55 Å². The van der Waals surface area contributed by atoms with Crippen LogP contribution in [0.4, 0.5) is 18.9 Å². The van der Waals surface area contributed by atoms with E-state index in [0.29, 0.717) is 48.7 Å². The zero-order valence-electron chi connectivity index (χ0n) is 21.9. The van der Waals surface area contributed by atoms with E-state index in [1.54, 1.807) is 23.6 Å². The Kier molecular flexibility index (Phi) is 9.23. The normalized spacial score (nSPS) is 15.7. The molecule has 1 aliphatic heterocycles. The number of ether oxygens (including phenoxy) is 1. The number of morpholine rings is 1. The number of carboxylic acids is 1. The highest BCUT2D eigenvalue weighted by Crippen LogP contribution is 2.34. The number of rotatable bonds is 6. The summed E-state index contributed by atoms with van der Waals surface area (Å²) in [4.78, 5) is 18.4. The van der Waals surface area contributed by atoms with Gasteiger partial charge in [-0.15, -0.1) is 0 Å². The van der Waals surface area contributed by atoms with E-state index < -0.39 is 36.1 Å². The van der Waals surface area contributed by atoms with Crippen molar-refractivity contribution in [3.8, 4) is 0 Å². The van der Waals surface area contributed by atoms with Crippen molar-refractivity contribution >= 4 is 22.7 Å². The first-order valence-electron chi connectivity index (χ1n) is 12.2. The highest BCUT2D eigenvalue weighted by atomic mass is 19.4. The fourth-order valence-corrected chi connectivity index (χ4v) is 4.10. The molecular formula is C26H33F3N4O6. The van der Waals surface area contributed by atoms with Crippen molar-refractivity contribution in [3.63, 3.8) is 0 Å². The van der Waals surface area contributed by atoms with Gasteiger partial charge in [-0.3, -0.25) is 0 Å². The van der Waals surface area contributed by atoms with Gasteiger partial charge in [0.1, 0.15) is 11.3 Å². The second-order valence-electron chi connectivity index (χ2n) is 9.64. The standard InChI is InChI=1S/C22H22F3N3O3.C4H11NO3/c1-13-15(4-3-5-18(13)22(23,24)25)12-28-14(2)26-20-17(21(29)30)10-16(11-19(20)28)27-6-8-31-9-7-27;1-4(5,2-6)3(7)8/h3-5,10-11H,6-9,12H2,1-2H3,(H,29,30);3,6-8H,2,5H2,1H3. The maximum Gasteiger partial charge on any atom is 0.416 e. The van der Waals surface area contributed by atoms with Crippen LogP contribution in [-0.2, 0) is 17.5 Å². The van der Waals surface area contributed by atoms with Gasteiger partial charge >= 0.3 is 12.1 Å². The molecule has 0 saturated carbocycles. The van der Waals surface area contributed by atoms with Crippen LogP contribution in [-0.4, -0.2) is 80.7 Å². The number of alkyl halides is 3. The van der Waals surface area contributed by atoms with Crippen LogP contribution in [0.2, 0.25) is 0 Å². The summed E-state index contributed by atoms with van der Waals surface area (Å²) in [6.07, 6.45) is -6.10. The Balaban J connectivity index is 0.000000459. The van der Waals surface area contributed by atoms with Crippen LogP contribution in [0.15, 0.2) is 30.3 Å². The first-order chi connectivity index (χ1) is 18.2. The molecule has 1 aromatic heterocycles. The molecule has 6 N–H and O–H groups in total. The maximum absolute atomic E-state index is 13.3. The number of aryl methyl sites for hydroxylation is 1. The average Bonchev–Trinajstić information content (AvgIpc) is 3.19. The van der Waals surface area contributed by atoms with Crippen molar-refractivity contribution < 1.29 is 43.1 Å². The van der Waals surface area contributed by atoms with E-state index in [0.717, 1.165) is 11.8 Å². The van der Waals surface area contributed by atoms with Gasteiger partial charge < -0.3 is 40.4 Å². The van der Waals surface area contributed by atoms with Crippen molar-refractivity contribution in [3.05, 3.63) is 58.4 Å². The Bertz CT molecular complexity index is 1320. The second kappa shape index (κ2) is 11.9. The number of carboxylic acid groups (broad SMARTS) is 1. The molecule has 214 valence electrons. The van der Waals surface area contributed by atoms with Crippen LogP contribution in [0.1, 0.15) is 39.8 Å². The summed E-state index contributed by atoms with van der Waals surface area (Å²) in [5, 5.41) is 34.8. The third-order valence-corrected chi connectivity index (χ3v) is 6.65. The molecule has 39 heavy (non-hydrogen) atoms. The number of aromatic carboxylic acids is 1. The molecule has 2 aromatic carbocycles. The van der Waals surface area contributed by atoms with Gasteiger partial charge in [0.2, 0.25) is 0 Å². The van der Waals surface area contributed by atoms with Gasteiger partial charge in [-0.1, -0.05) is 12.1 Å². The van der Waals surface area contributed by atoms with Gasteiger partial charge in [0.15, 0.2) is 6.29 Å². The number of benzene rings is 2. The lowest BCUT2D eigenvalue weighted by molar-refractivity contribution is -0.138. The number of hydrogen-bond acceptors (Lipinski definition) is 8. The van der Waals surface area contributed by atoms with E-state index in [4.69, 9.17) is 25.8 Å². The molecule has 0 bridgehead atoms. The number of aliphatic hydroxyl groups excluding tert-OH is 2. The number of halogens is 3. The van der Waals surface area contributed by atoms with E-state index in [-0.39, 0.29) is 17.7 Å². The van der Waals surface area contributed by atoms with Gasteiger partial charge in [0.05, 0.1) is 42.0 Å².